The fourth-order valence-electron chi connectivity index (χ4n) is 2.60. The van der Waals surface area contributed by atoms with E-state index in [1.165, 1.54) is 12.1 Å². The van der Waals surface area contributed by atoms with E-state index in [4.69, 9.17) is 17.3 Å². The van der Waals surface area contributed by atoms with Crippen LogP contribution in [0.25, 0.3) is 0 Å². The van der Waals surface area contributed by atoms with Gasteiger partial charge in [0.1, 0.15) is 0 Å². The van der Waals surface area contributed by atoms with Crippen LogP contribution in [-0.4, -0.2) is 22.1 Å². The van der Waals surface area contributed by atoms with Gasteiger partial charge in [-0.05, 0) is 18.2 Å². The first-order valence-electron chi connectivity index (χ1n) is 6.53. The van der Waals surface area contributed by atoms with Crippen molar-refractivity contribution < 1.29 is 23.0 Å². The van der Waals surface area contributed by atoms with Gasteiger partial charge in [-0.25, -0.2) is 0 Å². The second-order valence-electron chi connectivity index (χ2n) is 5.18. The van der Waals surface area contributed by atoms with Crippen LogP contribution in [0, 0.1) is 20.2 Å². The maximum atomic E-state index is 13.7. The van der Waals surface area contributed by atoms with E-state index < -0.39 is 43.9 Å². The summed E-state index contributed by atoms with van der Waals surface area (Å²) in [6.07, 6.45) is -5.06. The van der Waals surface area contributed by atoms with Crippen LogP contribution in [0.4, 0.5) is 13.2 Å². The Morgan fingerprint density at radius 3 is 2.27 bits per heavy atom. The van der Waals surface area contributed by atoms with Gasteiger partial charge in [-0.15, -0.1) is 11.6 Å². The molecule has 2 N–H and O–H groups in total. The van der Waals surface area contributed by atoms with Gasteiger partial charge in [0, 0.05) is 25.5 Å². The standard InChI is InChI=1S/C13H7Br2ClF3N3O4/c14-5-1-2-7(15)6(3-5)12(16)9(13(17,18)19)4-8(21(23)24)10(20)11(12)22(25)26/h1-4,11H,20H2. The molecule has 26 heavy (non-hydrogen) atoms. The molecule has 1 aliphatic carbocycles. The molecule has 0 saturated heterocycles. The number of hydrogen-bond donors (Lipinski definition) is 1. The third kappa shape index (κ3) is 3.32. The molecule has 0 amide bonds. The summed E-state index contributed by atoms with van der Waals surface area (Å²) >= 11 is 12.3. The molecule has 2 rings (SSSR count). The molecule has 0 bridgehead atoms. The minimum absolute atomic E-state index is 0.0371. The Hall–Kier alpha value is -1.66. The molecule has 0 heterocycles. The van der Waals surface area contributed by atoms with Gasteiger partial charge in [-0.3, -0.25) is 20.2 Å². The average Bonchev–Trinajstić information content (AvgIpc) is 2.47. The van der Waals surface area contributed by atoms with Crippen molar-refractivity contribution in [2.75, 3.05) is 0 Å². The molecule has 0 aromatic heterocycles. The number of nitro groups is 2. The van der Waals surface area contributed by atoms with Gasteiger partial charge in [0.05, 0.1) is 10.5 Å². The van der Waals surface area contributed by atoms with E-state index in [0.717, 1.165) is 6.07 Å². The second-order valence-corrected chi connectivity index (χ2v) is 7.54. The first-order chi connectivity index (χ1) is 11.8. The number of rotatable bonds is 3. The van der Waals surface area contributed by atoms with Crippen LogP contribution >= 0.6 is 43.5 Å². The van der Waals surface area contributed by atoms with E-state index in [-0.39, 0.29) is 16.1 Å². The van der Waals surface area contributed by atoms with E-state index in [0.29, 0.717) is 4.47 Å². The molecule has 7 nitrogen and oxygen atoms in total. The van der Waals surface area contributed by atoms with Crippen LogP contribution in [0.2, 0.25) is 0 Å². The molecule has 0 saturated carbocycles. The van der Waals surface area contributed by atoms with E-state index in [1.807, 2.05) is 0 Å². The fraction of sp³-hybridized carbons (Fsp3) is 0.231. The maximum Gasteiger partial charge on any atom is 0.415 e. The van der Waals surface area contributed by atoms with Crippen molar-refractivity contribution in [2.24, 2.45) is 5.73 Å². The Morgan fingerprint density at radius 2 is 1.81 bits per heavy atom. The number of alkyl halides is 4. The highest BCUT2D eigenvalue weighted by Gasteiger charge is 2.63. The molecule has 0 aliphatic heterocycles. The second kappa shape index (κ2) is 6.82. The normalized spacial score (nSPS) is 23.6. The fourth-order valence-corrected chi connectivity index (χ4v) is 4.15. The van der Waals surface area contributed by atoms with Crippen molar-refractivity contribution in [3.8, 4) is 0 Å². The van der Waals surface area contributed by atoms with Crippen LogP contribution < -0.4 is 5.73 Å². The van der Waals surface area contributed by atoms with Crippen LogP contribution in [0.15, 0.2) is 50.2 Å². The smallest absolute Gasteiger partial charge is 0.391 e. The Labute approximate surface area is 165 Å². The molecular formula is C13H7Br2ClF3N3O4. The molecule has 13 heteroatoms. The van der Waals surface area contributed by atoms with Gasteiger partial charge >= 0.3 is 6.18 Å². The van der Waals surface area contributed by atoms with Gasteiger partial charge in [0.25, 0.3) is 11.7 Å². The highest BCUT2D eigenvalue weighted by atomic mass is 79.9. The third-order valence-electron chi connectivity index (χ3n) is 3.67. The van der Waals surface area contributed by atoms with Crippen LogP contribution in [0.5, 0.6) is 0 Å². The largest absolute Gasteiger partial charge is 0.415 e. The molecule has 2 atom stereocenters. The molecule has 2 unspecified atom stereocenters. The van der Waals surface area contributed by atoms with Gasteiger partial charge in [-0.1, -0.05) is 31.9 Å². The summed E-state index contributed by atoms with van der Waals surface area (Å²) in [7, 11) is 0. The van der Waals surface area contributed by atoms with Gasteiger partial charge in [0.15, 0.2) is 10.6 Å². The lowest BCUT2D eigenvalue weighted by Crippen LogP contribution is -2.51. The third-order valence-corrected chi connectivity index (χ3v) is 5.47. The van der Waals surface area contributed by atoms with E-state index in [1.54, 1.807) is 0 Å². The highest BCUT2D eigenvalue weighted by Crippen LogP contribution is 2.54. The minimum atomic E-state index is -5.19. The summed E-state index contributed by atoms with van der Waals surface area (Å²) in [5.41, 5.74) is 1.33. The number of halogens is 6. The Balaban J connectivity index is 2.96. The lowest BCUT2D eigenvalue weighted by atomic mass is 9.78. The lowest BCUT2D eigenvalue weighted by molar-refractivity contribution is -0.522. The Bertz CT molecular complexity index is 875. The molecule has 0 fully saturated rings. The topological polar surface area (TPSA) is 112 Å². The molecule has 0 radical (unpaired) electrons. The average molecular weight is 521 g/mol. The number of hydrogen-bond acceptors (Lipinski definition) is 5. The maximum absolute atomic E-state index is 13.7. The van der Waals surface area contributed by atoms with Crippen LogP contribution in [0.1, 0.15) is 5.56 Å². The predicted molar refractivity (Wildman–Crippen MR) is 92.5 cm³/mol. The summed E-state index contributed by atoms with van der Waals surface area (Å²) in [6, 6.07) is 1.53. The SMILES string of the molecule is NC1=C([N+](=O)[O-])C=C(C(F)(F)F)C(Cl)(c2cc(Br)ccc2Br)C1[N+](=O)[O-]. The summed E-state index contributed by atoms with van der Waals surface area (Å²) in [5.74, 6) is 0. The molecular weight excluding hydrogens is 514 g/mol. The number of allylic oxidation sites excluding steroid dienone is 1. The molecule has 0 spiro atoms. The lowest BCUT2D eigenvalue weighted by Gasteiger charge is -2.36. The predicted octanol–water partition coefficient (Wildman–Crippen LogP) is 4.24. The number of benzene rings is 1. The van der Waals surface area contributed by atoms with Gasteiger partial charge in [0.2, 0.25) is 0 Å². The monoisotopic (exact) mass is 519 g/mol. The molecule has 1 aromatic rings. The zero-order valence-corrected chi connectivity index (χ0v) is 16.2. The van der Waals surface area contributed by atoms with Crippen molar-refractivity contribution in [2.45, 2.75) is 17.1 Å². The van der Waals surface area contributed by atoms with Gasteiger partial charge < -0.3 is 5.73 Å². The van der Waals surface area contributed by atoms with Crippen LogP contribution in [0.3, 0.4) is 0 Å². The number of nitrogens with two attached hydrogens (primary N) is 1. The van der Waals surface area contributed by atoms with E-state index in [9.17, 15) is 33.4 Å². The van der Waals surface area contributed by atoms with E-state index in [2.05, 4.69) is 31.9 Å². The Kier molecular flexibility index (Phi) is 5.41. The van der Waals surface area contributed by atoms with Gasteiger partial charge in [-0.2, -0.15) is 13.2 Å². The highest BCUT2D eigenvalue weighted by molar-refractivity contribution is 9.11. The summed E-state index contributed by atoms with van der Waals surface area (Å²) in [4.78, 5) is 17.4. The summed E-state index contributed by atoms with van der Waals surface area (Å²) < 4.78 is 41.3. The summed E-state index contributed by atoms with van der Waals surface area (Å²) in [6.45, 7) is 0. The molecule has 1 aliphatic rings. The zero-order valence-electron chi connectivity index (χ0n) is 12.3. The minimum Gasteiger partial charge on any atom is -0.391 e. The quantitative estimate of drug-likeness (QED) is 0.363. The first kappa shape index (κ1) is 20.6. The van der Waals surface area contributed by atoms with Crippen molar-refractivity contribution in [3.63, 3.8) is 0 Å². The van der Waals surface area contributed by atoms with Crippen molar-refractivity contribution >= 4 is 43.5 Å². The first-order valence-corrected chi connectivity index (χ1v) is 8.49. The molecule has 140 valence electrons. The van der Waals surface area contributed by atoms with Crippen molar-refractivity contribution in [3.05, 3.63) is 76.0 Å². The Morgan fingerprint density at radius 1 is 1.23 bits per heavy atom. The van der Waals surface area contributed by atoms with Crippen LogP contribution in [-0.2, 0) is 4.87 Å². The zero-order chi connectivity index (χ0) is 20.0. The molecule has 1 aromatic carbocycles. The number of nitrogens with zero attached hydrogens (tertiary/aromatic N) is 2. The van der Waals surface area contributed by atoms with Crippen molar-refractivity contribution in [1.82, 2.24) is 0 Å². The summed E-state index contributed by atoms with van der Waals surface area (Å²) in [5, 5.41) is 22.6. The van der Waals surface area contributed by atoms with Crippen molar-refractivity contribution in [1.29, 1.82) is 0 Å². The van der Waals surface area contributed by atoms with E-state index >= 15 is 0 Å².